The summed E-state index contributed by atoms with van der Waals surface area (Å²) in [5.74, 6) is -0.0121. The highest BCUT2D eigenvalue weighted by atomic mass is 16.3. The lowest BCUT2D eigenvalue weighted by molar-refractivity contribution is -0.145. The van der Waals surface area contributed by atoms with E-state index in [9.17, 15) is 14.7 Å². The van der Waals surface area contributed by atoms with Gasteiger partial charge in [0.05, 0.1) is 6.10 Å². The van der Waals surface area contributed by atoms with Crippen LogP contribution in [-0.4, -0.2) is 70.6 Å². The Morgan fingerprint density at radius 1 is 1.00 bits per heavy atom. The molecule has 0 radical (unpaired) electrons. The van der Waals surface area contributed by atoms with Crippen molar-refractivity contribution in [1.29, 1.82) is 0 Å². The van der Waals surface area contributed by atoms with E-state index >= 15 is 0 Å². The third-order valence-corrected chi connectivity index (χ3v) is 6.05. The van der Waals surface area contributed by atoms with Crippen molar-refractivity contribution >= 4 is 11.8 Å². The van der Waals surface area contributed by atoms with Crippen LogP contribution in [0.25, 0.3) is 0 Å². The topological polar surface area (TPSA) is 72.9 Å². The maximum absolute atomic E-state index is 13.1. The van der Waals surface area contributed by atoms with Crippen LogP contribution in [0.15, 0.2) is 0 Å². The molecule has 0 aromatic carbocycles. The molecule has 2 atom stereocenters. The molecule has 6 nitrogen and oxygen atoms in total. The fraction of sp³-hybridized carbons (Fsp3) is 0.889. The van der Waals surface area contributed by atoms with Gasteiger partial charge in [-0.05, 0) is 32.1 Å². The number of rotatable bonds is 3. The molecule has 2 aliphatic carbocycles. The lowest BCUT2D eigenvalue weighted by Crippen LogP contribution is -2.63. The molecule has 1 heterocycles. The Hall–Kier alpha value is -1.14. The fourth-order valence-electron chi connectivity index (χ4n) is 4.79. The van der Waals surface area contributed by atoms with Crippen molar-refractivity contribution < 1.29 is 14.7 Å². The van der Waals surface area contributed by atoms with Crippen LogP contribution in [0.4, 0.5) is 0 Å². The van der Waals surface area contributed by atoms with Crippen LogP contribution < -0.4 is 5.32 Å². The summed E-state index contributed by atoms with van der Waals surface area (Å²) in [6.07, 6.45) is 7.50. The van der Waals surface area contributed by atoms with Gasteiger partial charge in [-0.2, -0.15) is 0 Å². The number of aliphatic hydroxyl groups excluding tert-OH is 1. The van der Waals surface area contributed by atoms with Crippen molar-refractivity contribution in [2.75, 3.05) is 26.2 Å². The van der Waals surface area contributed by atoms with Crippen molar-refractivity contribution in [2.45, 2.75) is 76.0 Å². The first-order valence-corrected chi connectivity index (χ1v) is 9.52. The summed E-state index contributed by atoms with van der Waals surface area (Å²) in [6.45, 7) is 4.54. The van der Waals surface area contributed by atoms with Gasteiger partial charge in [0.25, 0.3) is 0 Å². The molecule has 2 N–H and O–H groups in total. The molecule has 2 amide bonds. The van der Waals surface area contributed by atoms with Crippen molar-refractivity contribution in [3.8, 4) is 0 Å². The van der Waals surface area contributed by atoms with Crippen LogP contribution in [0.1, 0.15) is 58.3 Å². The lowest BCUT2D eigenvalue weighted by Gasteiger charge is -2.44. The Balaban J connectivity index is 1.61. The van der Waals surface area contributed by atoms with E-state index in [1.807, 2.05) is 4.90 Å². The third kappa shape index (κ3) is 3.59. The van der Waals surface area contributed by atoms with Crippen LogP contribution in [0, 0.1) is 0 Å². The molecule has 2 saturated carbocycles. The average Bonchev–Trinajstić information content (AvgIpc) is 3.00. The first-order valence-electron chi connectivity index (χ1n) is 9.52. The SMILES string of the molecule is CC(=O)NC1(C(=O)N2CCN(C3CCCC3O)CC2)CCCCC1. The van der Waals surface area contributed by atoms with Gasteiger partial charge in [0.1, 0.15) is 5.54 Å². The molecule has 0 spiro atoms. The quantitative estimate of drug-likeness (QED) is 0.802. The second-order valence-corrected chi connectivity index (χ2v) is 7.72. The third-order valence-electron chi connectivity index (χ3n) is 6.05. The summed E-state index contributed by atoms with van der Waals surface area (Å²) in [5, 5.41) is 13.1. The maximum atomic E-state index is 13.1. The molecule has 0 bridgehead atoms. The number of carbonyl (C=O) groups is 2. The predicted octanol–water partition coefficient (Wildman–Crippen LogP) is 0.883. The van der Waals surface area contributed by atoms with Crippen molar-refractivity contribution in [1.82, 2.24) is 15.1 Å². The van der Waals surface area contributed by atoms with Gasteiger partial charge in [0.15, 0.2) is 0 Å². The zero-order chi connectivity index (χ0) is 17.2. The molecule has 6 heteroatoms. The Labute approximate surface area is 144 Å². The highest BCUT2D eigenvalue weighted by molar-refractivity contribution is 5.91. The monoisotopic (exact) mass is 337 g/mol. The Morgan fingerprint density at radius 3 is 2.21 bits per heavy atom. The molecule has 1 saturated heterocycles. The van der Waals surface area contributed by atoms with Gasteiger partial charge >= 0.3 is 0 Å². The summed E-state index contributed by atoms with van der Waals surface area (Å²) in [7, 11) is 0. The molecule has 136 valence electrons. The number of aliphatic hydroxyl groups is 1. The minimum atomic E-state index is -0.681. The van der Waals surface area contributed by atoms with E-state index in [0.29, 0.717) is 13.1 Å². The molecule has 3 aliphatic rings. The normalized spacial score (nSPS) is 31.0. The minimum absolute atomic E-state index is 0.101. The molecule has 0 aromatic heterocycles. The molecule has 3 fully saturated rings. The van der Waals surface area contributed by atoms with Crippen molar-refractivity contribution in [2.24, 2.45) is 0 Å². The smallest absolute Gasteiger partial charge is 0.248 e. The summed E-state index contributed by atoms with van der Waals surface area (Å²) >= 11 is 0. The Kier molecular flexibility index (Phi) is 5.45. The number of amides is 2. The van der Waals surface area contributed by atoms with Gasteiger partial charge in [0, 0.05) is 39.1 Å². The van der Waals surface area contributed by atoms with E-state index in [-0.39, 0.29) is 24.0 Å². The average molecular weight is 337 g/mol. The Morgan fingerprint density at radius 2 is 1.67 bits per heavy atom. The van der Waals surface area contributed by atoms with E-state index < -0.39 is 5.54 Å². The zero-order valence-electron chi connectivity index (χ0n) is 14.8. The highest BCUT2D eigenvalue weighted by Crippen LogP contribution is 2.31. The number of piperazine rings is 1. The van der Waals surface area contributed by atoms with E-state index in [4.69, 9.17) is 0 Å². The molecule has 3 rings (SSSR count). The van der Waals surface area contributed by atoms with Gasteiger partial charge in [-0.15, -0.1) is 0 Å². The second-order valence-electron chi connectivity index (χ2n) is 7.72. The van der Waals surface area contributed by atoms with Gasteiger partial charge < -0.3 is 15.3 Å². The standard InChI is InChI=1S/C18H31N3O3/c1-14(22)19-18(8-3-2-4-9-18)17(24)21-12-10-20(11-13-21)15-6-5-7-16(15)23/h15-16,23H,2-13H2,1H3,(H,19,22). The van der Waals surface area contributed by atoms with Crippen molar-refractivity contribution in [3.05, 3.63) is 0 Å². The van der Waals surface area contributed by atoms with Gasteiger partial charge in [0.2, 0.25) is 11.8 Å². The summed E-state index contributed by atoms with van der Waals surface area (Å²) in [5.41, 5.74) is -0.681. The second kappa shape index (κ2) is 7.40. The van der Waals surface area contributed by atoms with Crippen LogP contribution in [0.2, 0.25) is 0 Å². The highest BCUT2D eigenvalue weighted by Gasteiger charge is 2.44. The fourth-order valence-corrected chi connectivity index (χ4v) is 4.79. The number of hydrogen-bond donors (Lipinski definition) is 2. The molecule has 0 aromatic rings. The molecular formula is C18H31N3O3. The number of nitrogens with one attached hydrogen (secondary N) is 1. The van der Waals surface area contributed by atoms with Crippen LogP contribution in [0.3, 0.4) is 0 Å². The van der Waals surface area contributed by atoms with E-state index in [1.54, 1.807) is 0 Å². The minimum Gasteiger partial charge on any atom is -0.391 e. The van der Waals surface area contributed by atoms with E-state index in [2.05, 4.69) is 10.2 Å². The lowest BCUT2D eigenvalue weighted by atomic mass is 9.80. The Bertz CT molecular complexity index is 468. The number of hydrogen-bond acceptors (Lipinski definition) is 4. The summed E-state index contributed by atoms with van der Waals surface area (Å²) in [6, 6.07) is 0.265. The van der Waals surface area contributed by atoms with E-state index in [0.717, 1.165) is 64.5 Å². The molecule has 2 unspecified atom stereocenters. The van der Waals surface area contributed by atoms with Crippen LogP contribution >= 0.6 is 0 Å². The van der Waals surface area contributed by atoms with E-state index in [1.165, 1.54) is 6.92 Å². The first kappa shape index (κ1) is 17.7. The van der Waals surface area contributed by atoms with Gasteiger partial charge in [-0.3, -0.25) is 14.5 Å². The maximum Gasteiger partial charge on any atom is 0.248 e. The largest absolute Gasteiger partial charge is 0.391 e. The van der Waals surface area contributed by atoms with Gasteiger partial charge in [-0.25, -0.2) is 0 Å². The summed E-state index contributed by atoms with van der Waals surface area (Å²) < 4.78 is 0. The summed E-state index contributed by atoms with van der Waals surface area (Å²) in [4.78, 5) is 29.1. The number of carbonyl (C=O) groups excluding carboxylic acids is 2. The predicted molar refractivity (Wildman–Crippen MR) is 91.4 cm³/mol. The van der Waals surface area contributed by atoms with Crippen LogP contribution in [0.5, 0.6) is 0 Å². The molecule has 1 aliphatic heterocycles. The van der Waals surface area contributed by atoms with Crippen molar-refractivity contribution in [3.63, 3.8) is 0 Å². The first-order chi connectivity index (χ1) is 11.5. The molecular weight excluding hydrogens is 306 g/mol. The zero-order valence-corrected chi connectivity index (χ0v) is 14.8. The van der Waals surface area contributed by atoms with Crippen LogP contribution in [-0.2, 0) is 9.59 Å². The number of nitrogens with zero attached hydrogens (tertiary/aromatic N) is 2. The molecule has 24 heavy (non-hydrogen) atoms. The van der Waals surface area contributed by atoms with Gasteiger partial charge in [-0.1, -0.05) is 19.3 Å².